The van der Waals surface area contributed by atoms with Gasteiger partial charge in [0.2, 0.25) is 5.91 Å². The maximum Gasteiger partial charge on any atom is 0.221 e. The second-order valence-electron chi connectivity index (χ2n) is 5.47. The Morgan fingerprint density at radius 3 is 2.63 bits per heavy atom. The molecule has 0 aliphatic rings. The topological polar surface area (TPSA) is 41.1 Å². The van der Waals surface area contributed by atoms with Crippen molar-refractivity contribution in [3.05, 3.63) is 34.6 Å². The smallest absolute Gasteiger partial charge is 0.221 e. The highest BCUT2D eigenvalue weighted by Crippen LogP contribution is 2.15. The average molecular weight is 287 g/mol. The van der Waals surface area contributed by atoms with Crippen LogP contribution in [0.5, 0.6) is 0 Å². The number of hydrogen-bond donors (Lipinski definition) is 2. The van der Waals surface area contributed by atoms with Crippen molar-refractivity contribution in [3.63, 3.8) is 0 Å². The minimum Gasteiger partial charge on any atom is -0.351 e. The fourth-order valence-electron chi connectivity index (χ4n) is 1.56. The van der Waals surface area contributed by atoms with Crippen LogP contribution in [0, 0.1) is 5.82 Å². The standard InChI is InChI=1S/C14H20ClFN2O/c1-14(2,3)18-13(19)6-7-17-9-10-4-5-11(15)12(16)8-10/h4-5,8,17H,6-7,9H2,1-3H3,(H,18,19). The first-order chi connectivity index (χ1) is 8.78. The van der Waals surface area contributed by atoms with E-state index in [1.54, 1.807) is 6.07 Å². The quantitative estimate of drug-likeness (QED) is 0.817. The third kappa shape index (κ3) is 6.55. The second-order valence-corrected chi connectivity index (χ2v) is 5.88. The number of nitrogens with one attached hydrogen (secondary N) is 2. The lowest BCUT2D eigenvalue weighted by atomic mass is 10.1. The van der Waals surface area contributed by atoms with E-state index in [9.17, 15) is 9.18 Å². The summed E-state index contributed by atoms with van der Waals surface area (Å²) in [7, 11) is 0. The van der Waals surface area contributed by atoms with E-state index < -0.39 is 5.82 Å². The Bertz CT molecular complexity index is 444. The summed E-state index contributed by atoms with van der Waals surface area (Å²) in [5.74, 6) is -0.422. The molecule has 1 aromatic rings. The molecule has 0 unspecified atom stereocenters. The maximum absolute atomic E-state index is 13.2. The first kappa shape index (κ1) is 15.9. The van der Waals surface area contributed by atoms with Gasteiger partial charge in [0.15, 0.2) is 0 Å². The van der Waals surface area contributed by atoms with Crippen LogP contribution in [0.25, 0.3) is 0 Å². The van der Waals surface area contributed by atoms with Crippen molar-refractivity contribution in [1.29, 1.82) is 0 Å². The zero-order chi connectivity index (χ0) is 14.5. The summed E-state index contributed by atoms with van der Waals surface area (Å²) < 4.78 is 13.2. The minimum absolute atomic E-state index is 0.00212. The number of hydrogen-bond acceptors (Lipinski definition) is 2. The van der Waals surface area contributed by atoms with E-state index >= 15 is 0 Å². The van der Waals surface area contributed by atoms with Crippen LogP contribution in [0.1, 0.15) is 32.8 Å². The van der Waals surface area contributed by atoms with Gasteiger partial charge < -0.3 is 10.6 Å². The Morgan fingerprint density at radius 2 is 2.05 bits per heavy atom. The van der Waals surface area contributed by atoms with Crippen molar-refractivity contribution >= 4 is 17.5 Å². The van der Waals surface area contributed by atoms with Gasteiger partial charge in [-0.15, -0.1) is 0 Å². The molecule has 19 heavy (non-hydrogen) atoms. The molecule has 0 aromatic heterocycles. The van der Waals surface area contributed by atoms with Gasteiger partial charge in [-0.05, 0) is 38.5 Å². The molecule has 0 bridgehead atoms. The number of benzene rings is 1. The third-order valence-electron chi connectivity index (χ3n) is 2.36. The maximum atomic E-state index is 13.2. The molecule has 5 heteroatoms. The number of rotatable bonds is 5. The first-order valence-corrected chi connectivity index (χ1v) is 6.61. The van der Waals surface area contributed by atoms with E-state index in [0.717, 1.165) is 5.56 Å². The third-order valence-corrected chi connectivity index (χ3v) is 2.66. The number of carbonyl (C=O) groups is 1. The van der Waals surface area contributed by atoms with Crippen LogP contribution in [0.4, 0.5) is 4.39 Å². The monoisotopic (exact) mass is 286 g/mol. The summed E-state index contributed by atoms with van der Waals surface area (Å²) in [4.78, 5) is 11.5. The Balaban J connectivity index is 2.27. The lowest BCUT2D eigenvalue weighted by Gasteiger charge is -2.20. The first-order valence-electron chi connectivity index (χ1n) is 6.23. The average Bonchev–Trinajstić information content (AvgIpc) is 2.27. The van der Waals surface area contributed by atoms with Gasteiger partial charge in [0.25, 0.3) is 0 Å². The zero-order valence-electron chi connectivity index (χ0n) is 11.5. The molecule has 0 radical (unpaired) electrons. The summed E-state index contributed by atoms with van der Waals surface area (Å²) in [6.45, 7) is 6.88. The van der Waals surface area contributed by atoms with Crippen molar-refractivity contribution in [1.82, 2.24) is 10.6 Å². The van der Waals surface area contributed by atoms with E-state index in [-0.39, 0.29) is 16.5 Å². The molecule has 0 heterocycles. The lowest BCUT2D eigenvalue weighted by molar-refractivity contribution is -0.122. The lowest BCUT2D eigenvalue weighted by Crippen LogP contribution is -2.41. The highest BCUT2D eigenvalue weighted by molar-refractivity contribution is 6.30. The molecule has 2 N–H and O–H groups in total. The van der Waals surface area contributed by atoms with Crippen molar-refractivity contribution in [2.75, 3.05) is 6.54 Å². The second kappa shape index (κ2) is 6.87. The van der Waals surface area contributed by atoms with E-state index in [1.807, 2.05) is 20.8 Å². The van der Waals surface area contributed by atoms with Crippen molar-refractivity contribution in [3.8, 4) is 0 Å². The summed E-state index contributed by atoms with van der Waals surface area (Å²) in [5, 5.41) is 6.09. The van der Waals surface area contributed by atoms with E-state index in [4.69, 9.17) is 11.6 Å². The van der Waals surface area contributed by atoms with Gasteiger partial charge in [0.1, 0.15) is 5.82 Å². The number of halogens is 2. The highest BCUT2D eigenvalue weighted by atomic mass is 35.5. The molecule has 0 aliphatic heterocycles. The van der Waals surface area contributed by atoms with Gasteiger partial charge in [0.05, 0.1) is 5.02 Å². The van der Waals surface area contributed by atoms with Crippen molar-refractivity contribution in [2.24, 2.45) is 0 Å². The van der Waals surface area contributed by atoms with Crippen molar-refractivity contribution < 1.29 is 9.18 Å². The number of amides is 1. The molecule has 1 amide bonds. The molecular formula is C14H20ClFN2O. The largest absolute Gasteiger partial charge is 0.351 e. The van der Waals surface area contributed by atoms with Crippen molar-refractivity contribution in [2.45, 2.75) is 39.3 Å². The van der Waals surface area contributed by atoms with E-state index in [2.05, 4.69) is 10.6 Å². The molecule has 3 nitrogen and oxygen atoms in total. The SMILES string of the molecule is CC(C)(C)NC(=O)CCNCc1ccc(Cl)c(F)c1. The van der Waals surface area contributed by atoms with Crippen LogP contribution in [0.2, 0.25) is 5.02 Å². The molecule has 0 aliphatic carbocycles. The zero-order valence-corrected chi connectivity index (χ0v) is 12.3. The van der Waals surface area contributed by atoms with Gasteiger partial charge >= 0.3 is 0 Å². The van der Waals surface area contributed by atoms with Crippen LogP contribution in [0.15, 0.2) is 18.2 Å². The summed E-state index contributed by atoms with van der Waals surface area (Å²) in [6.07, 6.45) is 0.396. The molecule has 0 atom stereocenters. The van der Waals surface area contributed by atoms with E-state index in [0.29, 0.717) is 19.5 Å². The van der Waals surface area contributed by atoms with E-state index in [1.165, 1.54) is 12.1 Å². The van der Waals surface area contributed by atoms with Gasteiger partial charge in [-0.3, -0.25) is 4.79 Å². The number of carbonyl (C=O) groups excluding carboxylic acids is 1. The molecule has 0 fully saturated rings. The molecule has 1 rings (SSSR count). The van der Waals surface area contributed by atoms with Gasteiger partial charge in [-0.1, -0.05) is 17.7 Å². The van der Waals surface area contributed by atoms with Crippen LogP contribution in [0.3, 0.4) is 0 Å². The summed E-state index contributed by atoms with van der Waals surface area (Å²) >= 11 is 5.60. The van der Waals surface area contributed by atoms with Gasteiger partial charge in [-0.2, -0.15) is 0 Å². The molecule has 0 spiro atoms. The van der Waals surface area contributed by atoms with Crippen LogP contribution < -0.4 is 10.6 Å². The molecular weight excluding hydrogens is 267 g/mol. The van der Waals surface area contributed by atoms with Crippen LogP contribution in [-0.4, -0.2) is 18.0 Å². The van der Waals surface area contributed by atoms with Crippen LogP contribution >= 0.6 is 11.6 Å². The molecule has 0 saturated heterocycles. The molecule has 0 saturated carbocycles. The molecule has 1 aromatic carbocycles. The summed E-state index contributed by atoms with van der Waals surface area (Å²) in [6, 6.07) is 4.68. The normalized spacial score (nSPS) is 11.4. The predicted molar refractivity (Wildman–Crippen MR) is 75.6 cm³/mol. The Kier molecular flexibility index (Phi) is 5.76. The Labute approximate surface area is 118 Å². The minimum atomic E-state index is -0.425. The predicted octanol–water partition coefficient (Wildman–Crippen LogP) is 2.87. The highest BCUT2D eigenvalue weighted by Gasteiger charge is 2.12. The van der Waals surface area contributed by atoms with Crippen LogP contribution in [-0.2, 0) is 11.3 Å². The Morgan fingerprint density at radius 1 is 1.37 bits per heavy atom. The summed E-state index contributed by atoms with van der Waals surface area (Å²) in [5.41, 5.74) is 0.592. The van der Waals surface area contributed by atoms with Gasteiger partial charge in [0, 0.05) is 25.0 Å². The Hall–Kier alpha value is -1.13. The fourth-order valence-corrected chi connectivity index (χ4v) is 1.68. The fraction of sp³-hybridized carbons (Fsp3) is 0.500. The van der Waals surface area contributed by atoms with Gasteiger partial charge in [-0.25, -0.2) is 4.39 Å². The molecule has 106 valence electrons.